The van der Waals surface area contributed by atoms with E-state index in [9.17, 15) is 5.26 Å². The van der Waals surface area contributed by atoms with Crippen LogP contribution in [0.15, 0.2) is 55.0 Å². The highest BCUT2D eigenvalue weighted by molar-refractivity contribution is 5.92. The molecule has 0 saturated carbocycles. The van der Waals surface area contributed by atoms with Crippen LogP contribution in [0.25, 0.3) is 33.1 Å². The van der Waals surface area contributed by atoms with E-state index in [1.165, 1.54) is 5.57 Å². The number of hydrogen-bond acceptors (Lipinski definition) is 5. The van der Waals surface area contributed by atoms with Crippen LogP contribution in [-0.4, -0.2) is 26.7 Å². The van der Waals surface area contributed by atoms with E-state index >= 15 is 0 Å². The number of benzene rings is 1. The number of hydrogen-bond donors (Lipinski definition) is 0. The first kappa shape index (κ1) is 17.4. The standard InChI is InChI=1S/C23H19N5O/c1-29-21-9-8-16-6-7-18(12-20(16)27-21)19-14-26-28-11-10-25-22(23(19)28)17-4-2-15(13-24)3-5-17/h4,6-12,14-15H,2-3,5H2,1H3. The number of methoxy groups -OCH3 is 1. The molecule has 0 aliphatic heterocycles. The van der Waals surface area contributed by atoms with Crippen molar-refractivity contribution in [3.05, 3.63) is 60.7 Å². The van der Waals surface area contributed by atoms with E-state index in [-0.39, 0.29) is 5.92 Å². The summed E-state index contributed by atoms with van der Waals surface area (Å²) in [6.45, 7) is 0. The molecule has 0 spiro atoms. The van der Waals surface area contributed by atoms with Crippen LogP contribution in [0.2, 0.25) is 0 Å². The first-order chi connectivity index (χ1) is 14.3. The molecule has 0 radical (unpaired) electrons. The molecule has 6 nitrogen and oxygen atoms in total. The maximum absolute atomic E-state index is 9.18. The Hall–Kier alpha value is -3.72. The Labute approximate surface area is 168 Å². The molecular weight excluding hydrogens is 362 g/mol. The molecule has 0 fully saturated rings. The zero-order chi connectivity index (χ0) is 19.8. The fourth-order valence-electron chi connectivity index (χ4n) is 3.94. The van der Waals surface area contributed by atoms with E-state index in [1.807, 2.05) is 29.0 Å². The number of rotatable bonds is 3. The third kappa shape index (κ3) is 3.01. The van der Waals surface area contributed by atoms with Crippen LogP contribution in [-0.2, 0) is 0 Å². The van der Waals surface area contributed by atoms with Gasteiger partial charge in [0.05, 0.1) is 42.0 Å². The molecule has 4 aromatic rings. The monoisotopic (exact) mass is 381 g/mol. The lowest BCUT2D eigenvalue weighted by Gasteiger charge is -2.17. The Kier molecular flexibility index (Phi) is 4.21. The van der Waals surface area contributed by atoms with Gasteiger partial charge in [0.1, 0.15) is 0 Å². The Bertz CT molecular complexity index is 1300. The molecule has 1 aromatic carbocycles. The SMILES string of the molecule is COc1ccc2ccc(-c3cnn4ccnc(C5=CCC(C#N)CC5)c34)cc2n1. The minimum absolute atomic E-state index is 0.101. The molecule has 29 heavy (non-hydrogen) atoms. The molecule has 1 unspecified atom stereocenters. The van der Waals surface area contributed by atoms with E-state index in [4.69, 9.17) is 4.74 Å². The van der Waals surface area contributed by atoms with Crippen LogP contribution in [0, 0.1) is 17.2 Å². The third-order valence-corrected chi connectivity index (χ3v) is 5.52. The molecule has 1 atom stereocenters. The van der Waals surface area contributed by atoms with Crippen molar-refractivity contribution in [1.29, 1.82) is 5.26 Å². The quantitative estimate of drug-likeness (QED) is 0.516. The number of nitrogens with zero attached hydrogens (tertiary/aromatic N) is 5. The molecule has 0 amide bonds. The average Bonchev–Trinajstić information content (AvgIpc) is 3.23. The maximum atomic E-state index is 9.18. The second-order valence-corrected chi connectivity index (χ2v) is 7.22. The topological polar surface area (TPSA) is 76.1 Å². The van der Waals surface area contributed by atoms with Crippen LogP contribution in [0.4, 0.5) is 0 Å². The molecule has 3 aromatic heterocycles. The van der Waals surface area contributed by atoms with Crippen LogP contribution in [0.1, 0.15) is 25.0 Å². The van der Waals surface area contributed by atoms with E-state index in [1.54, 1.807) is 13.3 Å². The molecule has 5 rings (SSSR count). The molecule has 1 aliphatic rings. The summed E-state index contributed by atoms with van der Waals surface area (Å²) < 4.78 is 7.14. The summed E-state index contributed by atoms with van der Waals surface area (Å²) in [5.41, 5.74) is 6.04. The van der Waals surface area contributed by atoms with E-state index in [0.29, 0.717) is 5.88 Å². The van der Waals surface area contributed by atoms with Crippen molar-refractivity contribution >= 4 is 22.0 Å². The molecular formula is C23H19N5O. The molecule has 6 heteroatoms. The van der Waals surface area contributed by atoms with Crippen molar-refractivity contribution < 1.29 is 4.74 Å². The van der Waals surface area contributed by atoms with Crippen LogP contribution < -0.4 is 4.74 Å². The van der Waals surface area contributed by atoms with Gasteiger partial charge in [-0.05, 0) is 42.5 Å². The largest absolute Gasteiger partial charge is 0.481 e. The maximum Gasteiger partial charge on any atom is 0.213 e. The van der Waals surface area contributed by atoms with Gasteiger partial charge in [0, 0.05) is 29.4 Å². The lowest BCUT2D eigenvalue weighted by atomic mass is 9.88. The van der Waals surface area contributed by atoms with Gasteiger partial charge in [-0.3, -0.25) is 4.98 Å². The highest BCUT2D eigenvalue weighted by Crippen LogP contribution is 2.35. The van der Waals surface area contributed by atoms with E-state index in [0.717, 1.165) is 52.5 Å². The highest BCUT2D eigenvalue weighted by atomic mass is 16.5. The summed E-state index contributed by atoms with van der Waals surface area (Å²) in [7, 11) is 1.62. The normalized spacial score (nSPS) is 16.6. The molecule has 1 aliphatic carbocycles. The Balaban J connectivity index is 1.66. The zero-order valence-electron chi connectivity index (χ0n) is 16.0. The van der Waals surface area contributed by atoms with Gasteiger partial charge in [-0.15, -0.1) is 0 Å². The molecule has 142 valence electrons. The summed E-state index contributed by atoms with van der Waals surface area (Å²) in [6.07, 6.45) is 10.2. The Morgan fingerprint density at radius 3 is 2.93 bits per heavy atom. The Morgan fingerprint density at radius 2 is 2.14 bits per heavy atom. The molecule has 0 bridgehead atoms. The number of pyridine rings is 1. The summed E-state index contributed by atoms with van der Waals surface area (Å²) in [5.74, 6) is 0.695. The van der Waals surface area contributed by atoms with Crippen molar-refractivity contribution in [3.8, 4) is 23.1 Å². The average molecular weight is 381 g/mol. The summed E-state index contributed by atoms with van der Waals surface area (Å²) in [4.78, 5) is 9.25. The lowest BCUT2D eigenvalue weighted by Crippen LogP contribution is -2.05. The van der Waals surface area contributed by atoms with Gasteiger partial charge < -0.3 is 4.74 Å². The van der Waals surface area contributed by atoms with Gasteiger partial charge in [0.25, 0.3) is 0 Å². The van der Waals surface area contributed by atoms with Gasteiger partial charge in [-0.25, -0.2) is 9.50 Å². The molecule has 0 N–H and O–H groups in total. The predicted molar refractivity (Wildman–Crippen MR) is 111 cm³/mol. The molecule has 0 saturated heterocycles. The summed E-state index contributed by atoms with van der Waals surface area (Å²) in [5, 5.41) is 14.8. The smallest absolute Gasteiger partial charge is 0.213 e. The molecule has 3 heterocycles. The number of allylic oxidation sites excluding steroid dienone is 2. The minimum Gasteiger partial charge on any atom is -0.481 e. The fraction of sp³-hybridized carbons (Fsp3) is 0.217. The van der Waals surface area contributed by atoms with Crippen molar-refractivity contribution in [2.24, 2.45) is 5.92 Å². The third-order valence-electron chi connectivity index (χ3n) is 5.52. The van der Waals surface area contributed by atoms with Crippen LogP contribution in [0.3, 0.4) is 0 Å². The zero-order valence-corrected chi connectivity index (χ0v) is 16.0. The predicted octanol–water partition coefficient (Wildman–Crippen LogP) is 4.66. The van der Waals surface area contributed by atoms with Gasteiger partial charge in [-0.1, -0.05) is 18.2 Å². The lowest BCUT2D eigenvalue weighted by molar-refractivity contribution is 0.399. The number of nitriles is 1. The van der Waals surface area contributed by atoms with E-state index < -0.39 is 0 Å². The van der Waals surface area contributed by atoms with Gasteiger partial charge in [0.2, 0.25) is 5.88 Å². The van der Waals surface area contributed by atoms with Gasteiger partial charge in [0.15, 0.2) is 0 Å². The van der Waals surface area contributed by atoms with Gasteiger partial charge in [-0.2, -0.15) is 10.4 Å². The highest BCUT2D eigenvalue weighted by Gasteiger charge is 2.20. The van der Waals surface area contributed by atoms with Crippen LogP contribution >= 0.6 is 0 Å². The first-order valence-corrected chi connectivity index (χ1v) is 9.63. The van der Waals surface area contributed by atoms with Crippen molar-refractivity contribution in [2.45, 2.75) is 19.3 Å². The summed E-state index contributed by atoms with van der Waals surface area (Å²) >= 11 is 0. The van der Waals surface area contributed by atoms with Crippen molar-refractivity contribution in [2.75, 3.05) is 7.11 Å². The number of fused-ring (bicyclic) bond motifs is 2. The second-order valence-electron chi connectivity index (χ2n) is 7.22. The van der Waals surface area contributed by atoms with Crippen molar-refractivity contribution in [1.82, 2.24) is 19.6 Å². The van der Waals surface area contributed by atoms with Crippen molar-refractivity contribution in [3.63, 3.8) is 0 Å². The van der Waals surface area contributed by atoms with E-state index in [2.05, 4.69) is 45.4 Å². The minimum atomic E-state index is 0.101. The Morgan fingerprint density at radius 1 is 1.24 bits per heavy atom. The number of aromatic nitrogens is 4. The van der Waals surface area contributed by atoms with Crippen LogP contribution in [0.5, 0.6) is 5.88 Å². The fourth-order valence-corrected chi connectivity index (χ4v) is 3.94. The first-order valence-electron chi connectivity index (χ1n) is 9.63. The van der Waals surface area contributed by atoms with Gasteiger partial charge >= 0.3 is 0 Å². The second kappa shape index (κ2) is 7.02. The number of ether oxygens (including phenoxy) is 1. The summed E-state index contributed by atoms with van der Waals surface area (Å²) in [6, 6.07) is 12.5.